The highest BCUT2D eigenvalue weighted by Crippen LogP contribution is 2.27. The van der Waals surface area contributed by atoms with E-state index in [1.165, 1.54) is 6.92 Å². The standard InChI is InChI=1S/C11H18O3Si2/c1-8-9(2)14-15(5)16(10(8)3)7-6-11(4,12)13/h12-13,16H,1-3,5-7H2,4H3. The van der Waals surface area contributed by atoms with E-state index < -0.39 is 22.3 Å². The Labute approximate surface area is 99.1 Å². The molecule has 0 bridgehead atoms. The normalized spacial score (nSPS) is 22.3. The van der Waals surface area contributed by atoms with Crippen LogP contribution in [0.4, 0.5) is 0 Å². The van der Waals surface area contributed by atoms with Gasteiger partial charge in [-0.05, 0) is 19.4 Å². The lowest BCUT2D eigenvalue weighted by molar-refractivity contribution is -0.145. The summed E-state index contributed by atoms with van der Waals surface area (Å²) in [6.45, 7) is 13.1. The lowest BCUT2D eigenvalue weighted by Crippen LogP contribution is -2.40. The summed E-state index contributed by atoms with van der Waals surface area (Å²) in [4.78, 5) is 0. The summed E-state index contributed by atoms with van der Waals surface area (Å²) in [5.41, 5.74) is 0.770. The Kier molecular flexibility index (Phi) is 3.85. The van der Waals surface area contributed by atoms with Crippen LogP contribution in [0.15, 0.2) is 36.3 Å². The van der Waals surface area contributed by atoms with Crippen molar-refractivity contribution < 1.29 is 14.6 Å². The molecule has 5 heteroatoms. The van der Waals surface area contributed by atoms with Crippen molar-refractivity contribution in [2.75, 3.05) is 0 Å². The zero-order valence-electron chi connectivity index (χ0n) is 9.62. The first-order valence-corrected chi connectivity index (χ1v) is 9.93. The molecule has 1 saturated heterocycles. The molecule has 16 heavy (non-hydrogen) atoms. The van der Waals surface area contributed by atoms with E-state index in [9.17, 15) is 10.2 Å². The lowest BCUT2D eigenvalue weighted by Gasteiger charge is -2.30. The fraction of sp³-hybridized carbons (Fsp3) is 0.364. The maximum Gasteiger partial charge on any atom is 0.213 e. The maximum atomic E-state index is 9.30. The van der Waals surface area contributed by atoms with Crippen molar-refractivity contribution >= 4 is 22.7 Å². The van der Waals surface area contributed by atoms with Crippen molar-refractivity contribution in [2.45, 2.75) is 25.2 Å². The molecule has 88 valence electrons. The zero-order chi connectivity index (χ0) is 12.5. The molecule has 2 N–H and O–H groups in total. The SMILES string of the molecule is C=C1O[Si](=C)[SiH](CCC(C)(O)O)C(=C)C1=C. The number of rotatable bonds is 3. The lowest BCUT2D eigenvalue weighted by atomic mass is 10.2. The Morgan fingerprint density at radius 3 is 2.44 bits per heavy atom. The molecule has 0 amide bonds. The monoisotopic (exact) mass is 254 g/mol. The first-order chi connectivity index (χ1) is 7.22. The quantitative estimate of drug-likeness (QED) is 0.572. The average molecular weight is 254 g/mol. The molecular formula is C11H18O3Si2. The van der Waals surface area contributed by atoms with Gasteiger partial charge < -0.3 is 14.6 Å². The molecule has 0 aliphatic carbocycles. The van der Waals surface area contributed by atoms with Crippen LogP contribution in [0.2, 0.25) is 6.04 Å². The minimum Gasteiger partial charge on any atom is -0.521 e. The van der Waals surface area contributed by atoms with E-state index >= 15 is 0 Å². The van der Waals surface area contributed by atoms with Crippen molar-refractivity contribution in [3.05, 3.63) is 36.3 Å². The maximum absolute atomic E-state index is 9.30. The van der Waals surface area contributed by atoms with Gasteiger partial charge in [-0.25, -0.2) is 0 Å². The molecule has 0 radical (unpaired) electrons. The molecular weight excluding hydrogens is 236 g/mol. The first kappa shape index (κ1) is 13.3. The van der Waals surface area contributed by atoms with Crippen LogP contribution in [0.1, 0.15) is 13.3 Å². The van der Waals surface area contributed by atoms with Crippen LogP contribution in [-0.4, -0.2) is 38.7 Å². The van der Waals surface area contributed by atoms with Crippen LogP contribution < -0.4 is 0 Å². The van der Waals surface area contributed by atoms with Gasteiger partial charge in [0.2, 0.25) is 8.17 Å². The third kappa shape index (κ3) is 3.12. The van der Waals surface area contributed by atoms with Crippen molar-refractivity contribution in [2.24, 2.45) is 0 Å². The minimum atomic E-state index is -1.62. The summed E-state index contributed by atoms with van der Waals surface area (Å²) in [6.07, 6.45) is 4.36. The Morgan fingerprint density at radius 1 is 1.38 bits per heavy atom. The highest BCUT2D eigenvalue weighted by Gasteiger charge is 2.31. The second-order valence-electron chi connectivity index (χ2n) is 4.30. The Morgan fingerprint density at radius 2 is 1.94 bits per heavy atom. The summed E-state index contributed by atoms with van der Waals surface area (Å²) in [7, 11) is -2.59. The smallest absolute Gasteiger partial charge is 0.213 e. The summed E-state index contributed by atoms with van der Waals surface area (Å²) >= 11 is 0. The van der Waals surface area contributed by atoms with Gasteiger partial charge in [-0.1, -0.05) is 31.1 Å². The van der Waals surface area contributed by atoms with Crippen LogP contribution in [0.3, 0.4) is 0 Å². The van der Waals surface area contributed by atoms with Crippen LogP contribution in [0, 0.1) is 0 Å². The van der Waals surface area contributed by atoms with E-state index in [2.05, 4.69) is 25.9 Å². The third-order valence-electron chi connectivity index (χ3n) is 2.69. The van der Waals surface area contributed by atoms with E-state index in [-0.39, 0.29) is 0 Å². The van der Waals surface area contributed by atoms with Gasteiger partial charge in [0.25, 0.3) is 0 Å². The van der Waals surface area contributed by atoms with Gasteiger partial charge >= 0.3 is 0 Å². The second kappa shape index (κ2) is 4.62. The van der Waals surface area contributed by atoms with Gasteiger partial charge in [-0.15, -0.1) is 0 Å². The fourth-order valence-electron chi connectivity index (χ4n) is 1.63. The number of allylic oxidation sites excluding steroid dienone is 1. The number of aliphatic hydroxyl groups is 2. The largest absolute Gasteiger partial charge is 0.521 e. The fourth-order valence-corrected chi connectivity index (χ4v) is 8.63. The Balaban J connectivity index is 2.73. The van der Waals surface area contributed by atoms with Gasteiger partial charge in [0.1, 0.15) is 14.1 Å². The second-order valence-corrected chi connectivity index (χ2v) is 11.8. The molecule has 1 atom stereocenters. The first-order valence-electron chi connectivity index (χ1n) is 5.11. The van der Waals surface area contributed by atoms with Gasteiger partial charge in [0.05, 0.1) is 0 Å². The summed E-state index contributed by atoms with van der Waals surface area (Å²) in [5.74, 6) is -1.04. The molecule has 1 fully saturated rings. The number of hydrogen-bond donors (Lipinski definition) is 2. The van der Waals surface area contributed by atoms with Crippen LogP contribution >= 0.6 is 0 Å². The van der Waals surface area contributed by atoms with E-state index in [1.807, 2.05) is 0 Å². The van der Waals surface area contributed by atoms with Crippen LogP contribution in [0.25, 0.3) is 0 Å². The molecule has 0 aromatic heterocycles. The molecule has 1 aliphatic rings. The highest BCUT2D eigenvalue weighted by atomic mass is 29.2. The molecule has 1 aliphatic heterocycles. The van der Waals surface area contributed by atoms with Gasteiger partial charge in [0.15, 0.2) is 5.79 Å². The zero-order valence-corrected chi connectivity index (χ0v) is 11.8. The molecule has 1 unspecified atom stereocenters. The van der Waals surface area contributed by atoms with Gasteiger partial charge in [-0.3, -0.25) is 0 Å². The van der Waals surface area contributed by atoms with Crippen LogP contribution in [0.5, 0.6) is 0 Å². The van der Waals surface area contributed by atoms with E-state index in [0.717, 1.165) is 16.8 Å². The van der Waals surface area contributed by atoms with E-state index in [0.29, 0.717) is 12.2 Å². The van der Waals surface area contributed by atoms with Crippen LogP contribution in [-0.2, 0) is 4.43 Å². The minimum absolute atomic E-state index is 0.329. The average Bonchev–Trinajstić information content (AvgIpc) is 2.12. The summed E-state index contributed by atoms with van der Waals surface area (Å²) < 4.78 is 5.58. The molecule has 0 spiro atoms. The van der Waals surface area contributed by atoms with Gasteiger partial charge in [0, 0.05) is 5.57 Å². The molecule has 1 rings (SSSR count). The van der Waals surface area contributed by atoms with Crippen molar-refractivity contribution in [1.29, 1.82) is 0 Å². The van der Waals surface area contributed by atoms with Crippen molar-refractivity contribution in [1.82, 2.24) is 0 Å². The topological polar surface area (TPSA) is 49.7 Å². The Bertz CT molecular complexity index is 366. The molecule has 0 saturated carbocycles. The van der Waals surface area contributed by atoms with Crippen molar-refractivity contribution in [3.63, 3.8) is 0 Å². The predicted octanol–water partition coefficient (Wildman–Crippen LogP) is 0.583. The van der Waals surface area contributed by atoms with Gasteiger partial charge in [-0.2, -0.15) is 0 Å². The van der Waals surface area contributed by atoms with E-state index in [4.69, 9.17) is 4.43 Å². The predicted molar refractivity (Wildman–Crippen MR) is 70.8 cm³/mol. The molecule has 0 aromatic rings. The highest BCUT2D eigenvalue weighted by molar-refractivity contribution is 7.23. The van der Waals surface area contributed by atoms with Crippen molar-refractivity contribution in [3.8, 4) is 0 Å². The molecule has 0 aromatic carbocycles. The number of hydrogen-bond acceptors (Lipinski definition) is 3. The molecule has 3 nitrogen and oxygen atoms in total. The Hall–Kier alpha value is -0.756. The summed E-state index contributed by atoms with van der Waals surface area (Å²) in [5, 5.41) is 19.6. The van der Waals surface area contributed by atoms with E-state index in [1.54, 1.807) is 0 Å². The third-order valence-corrected chi connectivity index (χ3v) is 10.6. The molecule has 1 heterocycles. The summed E-state index contributed by atoms with van der Waals surface area (Å²) in [6, 6.07) is 0.729.